The molecule has 0 saturated carbocycles. The van der Waals surface area contributed by atoms with E-state index < -0.39 is 0 Å². The largest absolute Gasteiger partial charge is 0.396 e. The van der Waals surface area contributed by atoms with Gasteiger partial charge < -0.3 is 10.4 Å². The number of thiazole rings is 1. The lowest BCUT2D eigenvalue weighted by molar-refractivity contribution is -0.114. The minimum Gasteiger partial charge on any atom is -0.396 e. The van der Waals surface area contributed by atoms with Gasteiger partial charge in [0.25, 0.3) is 0 Å². The Morgan fingerprint density at radius 3 is 2.70 bits per heavy atom. The van der Waals surface area contributed by atoms with E-state index in [1.165, 1.54) is 23.8 Å². The molecule has 2 aromatic rings. The Balaban J connectivity index is 2.02. The van der Waals surface area contributed by atoms with Crippen LogP contribution < -0.4 is 5.32 Å². The molecular formula is C15H18N2O2S. The van der Waals surface area contributed by atoms with Crippen LogP contribution in [0.25, 0.3) is 11.3 Å². The Kier molecular flexibility index (Phi) is 5.26. The normalized spacial score (nSPS) is 10.5. The van der Waals surface area contributed by atoms with Crippen molar-refractivity contribution in [2.45, 2.75) is 26.2 Å². The van der Waals surface area contributed by atoms with Crippen LogP contribution in [0.1, 0.15) is 25.3 Å². The second kappa shape index (κ2) is 7.17. The van der Waals surface area contributed by atoms with Gasteiger partial charge in [0.2, 0.25) is 5.91 Å². The molecule has 0 saturated heterocycles. The van der Waals surface area contributed by atoms with Crippen molar-refractivity contribution in [1.82, 2.24) is 4.98 Å². The van der Waals surface area contributed by atoms with Gasteiger partial charge in [-0.25, -0.2) is 4.98 Å². The number of aromatic nitrogens is 1. The number of aliphatic hydroxyl groups is 1. The summed E-state index contributed by atoms with van der Waals surface area (Å²) in [6, 6.07) is 8.26. The molecule has 2 rings (SSSR count). The zero-order valence-corrected chi connectivity index (χ0v) is 12.2. The van der Waals surface area contributed by atoms with E-state index in [0.29, 0.717) is 5.13 Å². The predicted molar refractivity (Wildman–Crippen MR) is 81.9 cm³/mol. The highest BCUT2D eigenvalue weighted by molar-refractivity contribution is 7.14. The number of hydrogen-bond acceptors (Lipinski definition) is 4. The Morgan fingerprint density at radius 2 is 2.05 bits per heavy atom. The molecule has 1 amide bonds. The van der Waals surface area contributed by atoms with E-state index in [9.17, 15) is 4.79 Å². The van der Waals surface area contributed by atoms with Crippen LogP contribution in [0.5, 0.6) is 0 Å². The van der Waals surface area contributed by atoms with Crippen LogP contribution in [-0.2, 0) is 11.2 Å². The van der Waals surface area contributed by atoms with E-state index >= 15 is 0 Å². The zero-order valence-electron chi connectivity index (χ0n) is 11.4. The quantitative estimate of drug-likeness (QED) is 0.804. The number of carbonyl (C=O) groups excluding carboxylic acids is 1. The van der Waals surface area contributed by atoms with Crippen molar-refractivity contribution >= 4 is 22.4 Å². The van der Waals surface area contributed by atoms with Gasteiger partial charge in [-0.2, -0.15) is 0 Å². The molecule has 0 fully saturated rings. The van der Waals surface area contributed by atoms with E-state index in [-0.39, 0.29) is 12.5 Å². The molecule has 0 radical (unpaired) electrons. The summed E-state index contributed by atoms with van der Waals surface area (Å²) in [6.45, 7) is 1.73. The van der Waals surface area contributed by atoms with Crippen molar-refractivity contribution in [3.05, 3.63) is 35.2 Å². The molecule has 1 aromatic heterocycles. The summed E-state index contributed by atoms with van der Waals surface area (Å²) < 4.78 is 0. The van der Waals surface area contributed by atoms with Gasteiger partial charge in [0.1, 0.15) is 0 Å². The number of hydrogen-bond donors (Lipinski definition) is 2. The van der Waals surface area contributed by atoms with Crippen LogP contribution in [0, 0.1) is 0 Å². The molecule has 0 aliphatic rings. The standard InChI is InChI=1S/C15H18N2O2S/c1-11(19)16-15-17-14(10-20-15)13-7-5-12(6-8-13)4-2-3-9-18/h5-8,10,18H,2-4,9H2,1H3,(H,16,17,19). The second-order valence-corrected chi connectivity index (χ2v) is 5.45. The maximum Gasteiger partial charge on any atom is 0.223 e. The molecule has 0 unspecified atom stereocenters. The molecule has 2 N–H and O–H groups in total. The van der Waals surface area contributed by atoms with E-state index in [1.54, 1.807) is 0 Å². The first-order chi connectivity index (χ1) is 9.69. The molecule has 20 heavy (non-hydrogen) atoms. The summed E-state index contributed by atoms with van der Waals surface area (Å²) in [5, 5.41) is 14.0. The van der Waals surface area contributed by atoms with Gasteiger partial charge in [-0.3, -0.25) is 4.79 Å². The van der Waals surface area contributed by atoms with Crippen molar-refractivity contribution in [3.63, 3.8) is 0 Å². The average molecular weight is 290 g/mol. The first kappa shape index (κ1) is 14.7. The van der Waals surface area contributed by atoms with E-state index in [4.69, 9.17) is 5.11 Å². The first-order valence-corrected chi connectivity index (χ1v) is 7.50. The van der Waals surface area contributed by atoms with Gasteiger partial charge in [0.15, 0.2) is 5.13 Å². The highest BCUT2D eigenvalue weighted by Crippen LogP contribution is 2.25. The fourth-order valence-electron chi connectivity index (χ4n) is 1.90. The Morgan fingerprint density at radius 1 is 1.30 bits per heavy atom. The number of aryl methyl sites for hydroxylation is 1. The number of unbranched alkanes of at least 4 members (excludes halogenated alkanes) is 1. The molecule has 0 atom stereocenters. The van der Waals surface area contributed by atoms with Crippen LogP contribution in [0.2, 0.25) is 0 Å². The zero-order chi connectivity index (χ0) is 14.4. The SMILES string of the molecule is CC(=O)Nc1nc(-c2ccc(CCCCO)cc2)cs1. The molecule has 4 nitrogen and oxygen atoms in total. The number of nitrogens with one attached hydrogen (secondary N) is 1. The number of aliphatic hydroxyl groups excluding tert-OH is 1. The minimum atomic E-state index is -0.106. The Hall–Kier alpha value is -1.72. The van der Waals surface area contributed by atoms with E-state index in [2.05, 4.69) is 22.4 Å². The van der Waals surface area contributed by atoms with Crippen LogP contribution in [0.4, 0.5) is 5.13 Å². The fraction of sp³-hybridized carbons (Fsp3) is 0.333. The summed E-state index contributed by atoms with van der Waals surface area (Å²) in [5.41, 5.74) is 3.18. The smallest absolute Gasteiger partial charge is 0.223 e. The molecule has 0 aliphatic carbocycles. The summed E-state index contributed by atoms with van der Waals surface area (Å²) in [4.78, 5) is 15.3. The van der Waals surface area contributed by atoms with Crippen molar-refractivity contribution in [1.29, 1.82) is 0 Å². The monoisotopic (exact) mass is 290 g/mol. The highest BCUT2D eigenvalue weighted by Gasteiger charge is 2.05. The van der Waals surface area contributed by atoms with Gasteiger partial charge in [-0.1, -0.05) is 24.3 Å². The number of anilines is 1. The molecular weight excluding hydrogens is 272 g/mol. The summed E-state index contributed by atoms with van der Waals surface area (Å²) >= 11 is 1.42. The third-order valence-corrected chi connectivity index (χ3v) is 3.67. The lowest BCUT2D eigenvalue weighted by Gasteiger charge is -2.02. The molecule has 5 heteroatoms. The number of nitrogens with zero attached hydrogens (tertiary/aromatic N) is 1. The van der Waals surface area contributed by atoms with Gasteiger partial charge >= 0.3 is 0 Å². The van der Waals surface area contributed by atoms with Gasteiger partial charge in [-0.15, -0.1) is 11.3 Å². The maximum absolute atomic E-state index is 11.0. The predicted octanol–water partition coefficient (Wildman–Crippen LogP) is 3.08. The van der Waals surface area contributed by atoms with E-state index in [1.807, 2.05) is 17.5 Å². The molecule has 1 heterocycles. The summed E-state index contributed by atoms with van der Waals surface area (Å²) in [7, 11) is 0. The minimum absolute atomic E-state index is 0.106. The van der Waals surface area contributed by atoms with Crippen LogP contribution >= 0.6 is 11.3 Å². The lowest BCUT2D eigenvalue weighted by Crippen LogP contribution is -2.04. The molecule has 0 spiro atoms. The first-order valence-electron chi connectivity index (χ1n) is 6.62. The van der Waals surface area contributed by atoms with Crippen LogP contribution in [0.3, 0.4) is 0 Å². The van der Waals surface area contributed by atoms with Crippen molar-refractivity contribution in [2.24, 2.45) is 0 Å². The van der Waals surface area contributed by atoms with Crippen molar-refractivity contribution < 1.29 is 9.90 Å². The number of carbonyl (C=O) groups is 1. The number of rotatable bonds is 6. The van der Waals surface area contributed by atoms with Crippen molar-refractivity contribution in [3.8, 4) is 11.3 Å². The maximum atomic E-state index is 11.0. The highest BCUT2D eigenvalue weighted by atomic mass is 32.1. The van der Waals surface area contributed by atoms with Gasteiger partial charge in [0.05, 0.1) is 5.69 Å². The number of amides is 1. The molecule has 1 aromatic carbocycles. The van der Waals surface area contributed by atoms with Crippen LogP contribution in [-0.4, -0.2) is 22.6 Å². The Labute approximate surface area is 122 Å². The second-order valence-electron chi connectivity index (χ2n) is 4.60. The van der Waals surface area contributed by atoms with E-state index in [0.717, 1.165) is 30.5 Å². The topological polar surface area (TPSA) is 62.2 Å². The summed E-state index contributed by atoms with van der Waals surface area (Å²) in [5.74, 6) is -0.106. The molecule has 0 bridgehead atoms. The van der Waals surface area contributed by atoms with Gasteiger partial charge in [-0.05, 0) is 24.8 Å². The molecule has 0 aliphatic heterocycles. The fourth-order valence-corrected chi connectivity index (χ4v) is 2.66. The lowest BCUT2D eigenvalue weighted by atomic mass is 10.1. The van der Waals surface area contributed by atoms with Crippen molar-refractivity contribution in [2.75, 3.05) is 11.9 Å². The Bertz CT molecular complexity index is 564. The third kappa shape index (κ3) is 4.15. The average Bonchev–Trinajstić information content (AvgIpc) is 2.87. The summed E-state index contributed by atoms with van der Waals surface area (Å²) in [6.07, 6.45) is 2.82. The molecule has 106 valence electrons. The number of benzene rings is 1. The van der Waals surface area contributed by atoms with Gasteiger partial charge in [0, 0.05) is 24.5 Å². The third-order valence-electron chi connectivity index (χ3n) is 2.91. The van der Waals surface area contributed by atoms with Crippen LogP contribution in [0.15, 0.2) is 29.6 Å².